The van der Waals surface area contributed by atoms with Crippen molar-refractivity contribution in [2.24, 2.45) is 23.2 Å². The molecule has 3 heterocycles. The van der Waals surface area contributed by atoms with E-state index < -0.39 is 29.7 Å². The quantitative estimate of drug-likeness (QED) is 0.384. The number of morpholine rings is 1. The molecule has 41 heavy (non-hydrogen) atoms. The van der Waals surface area contributed by atoms with Gasteiger partial charge in [-0.1, -0.05) is 39.5 Å². The first-order valence-electron chi connectivity index (χ1n) is 16.3. The number of Topliss-reactive ketones (excluding diaryl/α,β-unsaturated/α-hetero) is 1. The third kappa shape index (κ3) is 5.73. The number of fused-ring (bicyclic) bond motifs is 3. The highest BCUT2D eigenvalue weighted by molar-refractivity contribution is 6.20. The molecule has 6 aliphatic rings. The zero-order valence-electron chi connectivity index (χ0n) is 25.2. The number of hydrogen-bond acceptors (Lipinski definition) is 7. The number of carbonyl (C=O) groups excluding carboxylic acids is 2. The molecule has 5 fully saturated rings. The standard InChI is InChI=1S/C32H51FN4O4/c1-32(2,18-38)17-35-27-24(33)15-22-28-30(27)41-26-14-20-8-5-4-7-19(20)13-25(26)37(28)16-23(29(22)39)31(40)34-11-10-21-9-6-12-36(21)3/h16,19-22,24-28,30,35,38H,4-15,17-18H2,1-3H3,(H,34,40). The molecule has 3 saturated carbocycles. The molecule has 6 rings (SSSR count). The maximum Gasteiger partial charge on any atom is 0.256 e. The number of aliphatic hydroxyl groups excluding tert-OH is 1. The van der Waals surface area contributed by atoms with Crippen molar-refractivity contribution >= 4 is 11.7 Å². The maximum atomic E-state index is 16.0. The highest BCUT2D eigenvalue weighted by Gasteiger charge is 2.59. The summed E-state index contributed by atoms with van der Waals surface area (Å²) in [6.45, 7) is 5.99. The number of nitrogens with zero attached hydrogens (tertiary/aromatic N) is 2. The van der Waals surface area contributed by atoms with E-state index in [4.69, 9.17) is 4.74 Å². The van der Waals surface area contributed by atoms with Gasteiger partial charge in [0, 0.05) is 43.3 Å². The van der Waals surface area contributed by atoms with Crippen LogP contribution in [-0.4, -0.2) is 102 Å². The third-order valence-corrected chi connectivity index (χ3v) is 11.4. The van der Waals surface area contributed by atoms with Crippen LogP contribution in [-0.2, 0) is 14.3 Å². The number of alkyl halides is 1. The number of ketones is 1. The van der Waals surface area contributed by atoms with Gasteiger partial charge >= 0.3 is 0 Å². The number of halogens is 1. The predicted octanol–water partition coefficient (Wildman–Crippen LogP) is 2.80. The van der Waals surface area contributed by atoms with Gasteiger partial charge in [-0.2, -0.15) is 0 Å². The minimum absolute atomic E-state index is 0.00211. The summed E-state index contributed by atoms with van der Waals surface area (Å²) in [5.74, 6) is 0.119. The van der Waals surface area contributed by atoms with Gasteiger partial charge < -0.3 is 30.3 Å². The van der Waals surface area contributed by atoms with Crippen molar-refractivity contribution in [2.45, 2.75) is 121 Å². The Balaban J connectivity index is 1.26. The predicted molar refractivity (Wildman–Crippen MR) is 155 cm³/mol. The molecule has 2 saturated heterocycles. The van der Waals surface area contributed by atoms with Gasteiger partial charge in [-0.3, -0.25) is 9.59 Å². The van der Waals surface area contributed by atoms with Crippen LogP contribution in [0.15, 0.2) is 11.8 Å². The Kier molecular flexibility index (Phi) is 8.53. The van der Waals surface area contributed by atoms with E-state index in [1.807, 2.05) is 20.0 Å². The zero-order chi connectivity index (χ0) is 28.9. The number of likely N-dealkylation sites (tertiary alicyclic amines) is 1. The lowest BCUT2D eigenvalue weighted by Gasteiger charge is -2.61. The van der Waals surface area contributed by atoms with E-state index >= 15 is 4.39 Å². The van der Waals surface area contributed by atoms with E-state index in [2.05, 4.69) is 27.5 Å². The van der Waals surface area contributed by atoms with Crippen molar-refractivity contribution in [3.8, 4) is 0 Å². The van der Waals surface area contributed by atoms with Gasteiger partial charge in [0.05, 0.1) is 35.9 Å². The number of aliphatic hydroxyl groups is 1. The summed E-state index contributed by atoms with van der Waals surface area (Å²) in [6, 6.07) is -0.274. The average Bonchev–Trinajstić information content (AvgIpc) is 3.37. The summed E-state index contributed by atoms with van der Waals surface area (Å²) >= 11 is 0. The largest absolute Gasteiger partial charge is 0.396 e. The SMILES string of the molecule is CN1CCCC1CCNC(=O)C1=CN2C3CC4CCCCC4CC3OC3C(NCC(C)(C)CO)C(F)CC(C1=O)C32. The summed E-state index contributed by atoms with van der Waals surface area (Å²) in [5.41, 5.74) is -0.203. The van der Waals surface area contributed by atoms with Crippen molar-refractivity contribution < 1.29 is 23.8 Å². The molecule has 0 aromatic rings. The van der Waals surface area contributed by atoms with Crippen LogP contribution in [0.2, 0.25) is 0 Å². The van der Waals surface area contributed by atoms with Gasteiger partial charge in [-0.25, -0.2) is 4.39 Å². The van der Waals surface area contributed by atoms with Crippen LogP contribution < -0.4 is 10.6 Å². The van der Waals surface area contributed by atoms with Crippen LogP contribution in [0.3, 0.4) is 0 Å². The third-order valence-electron chi connectivity index (χ3n) is 11.4. The molecule has 0 bridgehead atoms. The second kappa shape index (κ2) is 11.9. The molecule has 8 nitrogen and oxygen atoms in total. The van der Waals surface area contributed by atoms with Gasteiger partial charge in [-0.15, -0.1) is 0 Å². The smallest absolute Gasteiger partial charge is 0.256 e. The first-order chi connectivity index (χ1) is 19.7. The van der Waals surface area contributed by atoms with E-state index in [-0.39, 0.29) is 48.5 Å². The first kappa shape index (κ1) is 29.5. The number of nitrogens with one attached hydrogen (secondary N) is 2. The normalized spacial score (nSPS) is 40.9. The minimum Gasteiger partial charge on any atom is -0.396 e. The molecule has 230 valence electrons. The van der Waals surface area contributed by atoms with E-state index in [0.717, 1.165) is 32.2 Å². The van der Waals surface area contributed by atoms with Gasteiger partial charge in [0.15, 0.2) is 5.78 Å². The maximum absolute atomic E-state index is 16.0. The molecule has 9 heteroatoms. The van der Waals surface area contributed by atoms with Crippen LogP contribution >= 0.6 is 0 Å². The summed E-state index contributed by atoms with van der Waals surface area (Å²) in [6.07, 6.45) is 10.3. The van der Waals surface area contributed by atoms with Crippen molar-refractivity contribution in [1.29, 1.82) is 0 Å². The Morgan fingerprint density at radius 2 is 1.90 bits per heavy atom. The molecule has 0 radical (unpaired) electrons. The molecule has 1 amide bonds. The Morgan fingerprint density at radius 1 is 1.15 bits per heavy atom. The second-order valence-corrected chi connectivity index (χ2v) is 14.7. The summed E-state index contributed by atoms with van der Waals surface area (Å²) in [4.78, 5) is 32.0. The Morgan fingerprint density at radius 3 is 2.61 bits per heavy atom. The fraction of sp³-hybridized carbons (Fsp3) is 0.875. The van der Waals surface area contributed by atoms with Crippen LogP contribution in [0.5, 0.6) is 0 Å². The molecule has 10 atom stereocenters. The number of rotatable bonds is 8. The van der Waals surface area contributed by atoms with Crippen molar-refractivity contribution in [3.05, 3.63) is 11.8 Å². The molecule has 0 spiro atoms. The average molecular weight is 575 g/mol. The molecule has 0 aromatic heterocycles. The highest BCUT2D eigenvalue weighted by atomic mass is 19.1. The van der Waals surface area contributed by atoms with Crippen LogP contribution in [0.1, 0.15) is 78.1 Å². The number of ether oxygens (including phenoxy) is 1. The topological polar surface area (TPSA) is 94.1 Å². The molecule has 0 aromatic carbocycles. The molecule has 10 unspecified atom stereocenters. The van der Waals surface area contributed by atoms with E-state index in [0.29, 0.717) is 31.0 Å². The van der Waals surface area contributed by atoms with Gasteiger partial charge in [0.25, 0.3) is 5.91 Å². The van der Waals surface area contributed by atoms with E-state index in [9.17, 15) is 14.7 Å². The lowest BCUT2D eigenvalue weighted by atomic mass is 9.65. The first-order valence-corrected chi connectivity index (χ1v) is 16.3. The highest BCUT2D eigenvalue weighted by Crippen LogP contribution is 2.50. The van der Waals surface area contributed by atoms with Gasteiger partial charge in [-0.05, 0) is 64.0 Å². The van der Waals surface area contributed by atoms with Crippen LogP contribution in [0.25, 0.3) is 0 Å². The Labute approximate surface area is 244 Å². The second-order valence-electron chi connectivity index (χ2n) is 14.7. The van der Waals surface area contributed by atoms with E-state index in [1.54, 1.807) is 0 Å². The fourth-order valence-electron chi connectivity index (χ4n) is 8.94. The summed E-state index contributed by atoms with van der Waals surface area (Å²) in [7, 11) is 2.13. The van der Waals surface area contributed by atoms with Crippen molar-refractivity contribution in [3.63, 3.8) is 0 Å². The number of amides is 1. The monoisotopic (exact) mass is 574 g/mol. The van der Waals surface area contributed by atoms with E-state index in [1.165, 1.54) is 32.1 Å². The Hall–Kier alpha value is -1.55. The minimum atomic E-state index is -1.27. The Bertz CT molecular complexity index is 1020. The number of carbonyl (C=O) groups is 2. The van der Waals surface area contributed by atoms with Gasteiger partial charge in [0.2, 0.25) is 0 Å². The zero-order valence-corrected chi connectivity index (χ0v) is 25.2. The summed E-state index contributed by atoms with van der Waals surface area (Å²) in [5, 5.41) is 16.2. The molecule has 3 N–H and O–H groups in total. The molecule has 3 aliphatic carbocycles. The molecular weight excluding hydrogens is 523 g/mol. The molecule has 3 aliphatic heterocycles. The van der Waals surface area contributed by atoms with Gasteiger partial charge in [0.1, 0.15) is 6.17 Å². The van der Waals surface area contributed by atoms with Crippen molar-refractivity contribution in [1.82, 2.24) is 20.4 Å². The number of hydrogen-bond donors (Lipinski definition) is 3. The van der Waals surface area contributed by atoms with Crippen LogP contribution in [0.4, 0.5) is 4.39 Å². The van der Waals surface area contributed by atoms with Crippen molar-refractivity contribution in [2.75, 3.05) is 33.3 Å². The fourth-order valence-corrected chi connectivity index (χ4v) is 8.94. The lowest BCUT2D eigenvalue weighted by molar-refractivity contribution is -0.208. The lowest BCUT2D eigenvalue weighted by Crippen LogP contribution is -2.73. The molecular formula is C32H51FN4O4. The summed E-state index contributed by atoms with van der Waals surface area (Å²) < 4.78 is 22.8. The van der Waals surface area contributed by atoms with Crippen LogP contribution in [0, 0.1) is 23.2 Å².